The summed E-state index contributed by atoms with van der Waals surface area (Å²) in [7, 11) is 3.99. The predicted octanol–water partition coefficient (Wildman–Crippen LogP) is 2.12. The fourth-order valence-electron chi connectivity index (χ4n) is 2.49. The second-order valence-electron chi connectivity index (χ2n) is 5.53. The third kappa shape index (κ3) is 7.02. The van der Waals surface area contributed by atoms with E-state index in [9.17, 15) is 0 Å². The first-order valence-corrected chi connectivity index (χ1v) is 7.13. The van der Waals surface area contributed by atoms with Crippen molar-refractivity contribution in [3.05, 3.63) is 0 Å². The number of likely N-dealkylation sites (tertiary alicyclic amines) is 1. The molecule has 0 aromatic heterocycles. The first kappa shape index (κ1) is 14.9. The van der Waals surface area contributed by atoms with Crippen LogP contribution >= 0.6 is 0 Å². The fraction of sp³-hybridized carbons (Fsp3) is 1.00. The Morgan fingerprint density at radius 1 is 1.24 bits per heavy atom. The van der Waals surface area contributed by atoms with E-state index >= 15 is 0 Å². The van der Waals surface area contributed by atoms with Crippen LogP contribution in [0.2, 0.25) is 0 Å². The lowest BCUT2D eigenvalue weighted by Gasteiger charge is -2.28. The van der Waals surface area contributed by atoms with Gasteiger partial charge in [0.1, 0.15) is 0 Å². The molecule has 2 heterocycles. The van der Waals surface area contributed by atoms with Crippen LogP contribution in [0.15, 0.2) is 0 Å². The largest absolute Gasteiger partial charge is 0.385 e. The maximum absolute atomic E-state index is 5.06. The van der Waals surface area contributed by atoms with Gasteiger partial charge in [0.15, 0.2) is 0 Å². The average molecular weight is 242 g/mol. The number of nitrogens with one attached hydrogen (secondary N) is 1. The Balaban J connectivity index is 0.000000202. The molecule has 1 N–H and O–H groups in total. The van der Waals surface area contributed by atoms with Crippen LogP contribution in [0, 0.1) is 5.92 Å². The van der Waals surface area contributed by atoms with Crippen LogP contribution in [0.25, 0.3) is 0 Å². The molecule has 0 bridgehead atoms. The summed E-state index contributed by atoms with van der Waals surface area (Å²) >= 11 is 0. The summed E-state index contributed by atoms with van der Waals surface area (Å²) in [5, 5.41) is 3.32. The molecule has 1 atom stereocenters. The molecule has 0 spiro atoms. The molecule has 0 amide bonds. The van der Waals surface area contributed by atoms with Crippen molar-refractivity contribution in [1.82, 2.24) is 10.2 Å². The van der Waals surface area contributed by atoms with Gasteiger partial charge in [0.25, 0.3) is 0 Å². The molecule has 0 aromatic rings. The van der Waals surface area contributed by atoms with Crippen LogP contribution in [0.4, 0.5) is 0 Å². The summed E-state index contributed by atoms with van der Waals surface area (Å²) < 4.78 is 5.06. The zero-order valence-electron chi connectivity index (χ0n) is 11.9. The number of nitrogens with zero attached hydrogens (tertiary/aromatic N) is 1. The molecule has 0 aromatic carbocycles. The van der Waals surface area contributed by atoms with E-state index in [1.807, 2.05) is 0 Å². The second kappa shape index (κ2) is 8.90. The summed E-state index contributed by atoms with van der Waals surface area (Å²) in [5.41, 5.74) is 0. The van der Waals surface area contributed by atoms with Gasteiger partial charge < -0.3 is 15.0 Å². The van der Waals surface area contributed by atoms with Crippen LogP contribution in [-0.4, -0.2) is 51.3 Å². The molecule has 2 aliphatic rings. The van der Waals surface area contributed by atoms with Gasteiger partial charge in [0.2, 0.25) is 0 Å². The van der Waals surface area contributed by atoms with E-state index in [4.69, 9.17) is 4.74 Å². The van der Waals surface area contributed by atoms with Crippen LogP contribution < -0.4 is 5.32 Å². The van der Waals surface area contributed by atoms with E-state index in [1.165, 1.54) is 51.7 Å². The summed E-state index contributed by atoms with van der Waals surface area (Å²) in [6.07, 6.45) is 6.73. The highest BCUT2D eigenvalue weighted by Crippen LogP contribution is 2.18. The lowest BCUT2D eigenvalue weighted by Crippen LogP contribution is -2.30. The number of hydrogen-bond donors (Lipinski definition) is 1. The molecule has 102 valence electrons. The highest BCUT2D eigenvalue weighted by molar-refractivity contribution is 4.69. The number of hydrogen-bond acceptors (Lipinski definition) is 3. The van der Waals surface area contributed by atoms with Crippen LogP contribution in [0.1, 0.15) is 39.0 Å². The van der Waals surface area contributed by atoms with Crippen molar-refractivity contribution in [2.24, 2.45) is 5.92 Å². The topological polar surface area (TPSA) is 24.5 Å². The number of methoxy groups -OCH3 is 1. The molecule has 0 radical (unpaired) electrons. The van der Waals surface area contributed by atoms with E-state index in [0.29, 0.717) is 0 Å². The fourth-order valence-corrected chi connectivity index (χ4v) is 2.49. The molecule has 3 heteroatoms. The van der Waals surface area contributed by atoms with Gasteiger partial charge in [-0.25, -0.2) is 0 Å². The van der Waals surface area contributed by atoms with Gasteiger partial charge >= 0.3 is 0 Å². The Morgan fingerprint density at radius 2 is 1.94 bits per heavy atom. The van der Waals surface area contributed by atoms with Gasteiger partial charge in [0, 0.05) is 19.8 Å². The molecule has 3 nitrogen and oxygen atoms in total. The molecular weight excluding hydrogens is 212 g/mol. The summed E-state index contributed by atoms with van der Waals surface area (Å²) in [5.74, 6) is 0.922. The Bertz CT molecular complexity index is 170. The highest BCUT2D eigenvalue weighted by Gasteiger charge is 2.15. The van der Waals surface area contributed by atoms with Gasteiger partial charge in [-0.2, -0.15) is 0 Å². The average Bonchev–Trinajstić information content (AvgIpc) is 2.80. The first-order valence-electron chi connectivity index (χ1n) is 7.13. The van der Waals surface area contributed by atoms with E-state index in [1.54, 1.807) is 7.11 Å². The zero-order valence-corrected chi connectivity index (χ0v) is 11.9. The maximum Gasteiger partial charge on any atom is 0.0464 e. The normalized spacial score (nSPS) is 26.6. The monoisotopic (exact) mass is 242 g/mol. The Hall–Kier alpha value is -0.120. The Morgan fingerprint density at radius 3 is 2.35 bits per heavy atom. The second-order valence-corrected chi connectivity index (χ2v) is 5.53. The maximum atomic E-state index is 5.06. The van der Waals surface area contributed by atoms with Gasteiger partial charge in [-0.05, 0) is 71.6 Å². The van der Waals surface area contributed by atoms with E-state index < -0.39 is 0 Å². The van der Waals surface area contributed by atoms with Crippen LogP contribution in [-0.2, 0) is 4.74 Å². The smallest absolute Gasteiger partial charge is 0.0464 e. The van der Waals surface area contributed by atoms with Crippen molar-refractivity contribution >= 4 is 0 Å². The Labute approximate surface area is 107 Å². The minimum atomic E-state index is 0.796. The van der Waals surface area contributed by atoms with Gasteiger partial charge in [0.05, 0.1) is 0 Å². The van der Waals surface area contributed by atoms with E-state index in [-0.39, 0.29) is 0 Å². The van der Waals surface area contributed by atoms with Gasteiger partial charge in [-0.3, -0.25) is 0 Å². The van der Waals surface area contributed by atoms with Crippen molar-refractivity contribution in [1.29, 1.82) is 0 Å². The van der Waals surface area contributed by atoms with Crippen molar-refractivity contribution in [3.8, 4) is 0 Å². The molecule has 17 heavy (non-hydrogen) atoms. The predicted molar refractivity (Wildman–Crippen MR) is 73.4 cm³/mol. The third-order valence-electron chi connectivity index (χ3n) is 3.88. The minimum absolute atomic E-state index is 0.796. The lowest BCUT2D eigenvalue weighted by molar-refractivity contribution is 0.146. The van der Waals surface area contributed by atoms with Gasteiger partial charge in [-0.1, -0.05) is 0 Å². The summed E-state index contributed by atoms with van der Waals surface area (Å²) in [4.78, 5) is 2.41. The Kier molecular flexibility index (Phi) is 7.82. The molecule has 2 saturated heterocycles. The van der Waals surface area contributed by atoms with Crippen molar-refractivity contribution < 1.29 is 4.74 Å². The first-order chi connectivity index (χ1) is 8.22. The molecule has 1 unspecified atom stereocenters. The highest BCUT2D eigenvalue weighted by atomic mass is 16.5. The van der Waals surface area contributed by atoms with E-state index in [2.05, 4.69) is 24.2 Å². The number of rotatable bonds is 3. The molecule has 0 saturated carbocycles. The molecule has 0 aliphatic carbocycles. The standard InChI is InChI=1S/C9H19NO.C5H11N/c1-10-6-3-9(4-7-10)5-8-11-2;1-5-3-2-4-6-5/h9H,3-8H2,1-2H3;5-6H,2-4H2,1H3. The number of piperidine rings is 1. The van der Waals surface area contributed by atoms with Crippen molar-refractivity contribution in [3.63, 3.8) is 0 Å². The summed E-state index contributed by atoms with van der Waals surface area (Å²) in [6.45, 7) is 6.95. The van der Waals surface area contributed by atoms with Gasteiger partial charge in [-0.15, -0.1) is 0 Å². The quantitative estimate of drug-likeness (QED) is 0.820. The SMILES string of the molecule is CC1CCCN1.COCCC1CCN(C)CC1. The third-order valence-corrected chi connectivity index (χ3v) is 3.88. The molecular formula is C14H30N2O. The lowest BCUT2D eigenvalue weighted by atomic mass is 9.94. The molecule has 2 aliphatic heterocycles. The van der Waals surface area contributed by atoms with Crippen molar-refractivity contribution in [2.75, 3.05) is 40.4 Å². The minimum Gasteiger partial charge on any atom is -0.385 e. The van der Waals surface area contributed by atoms with E-state index in [0.717, 1.165) is 18.6 Å². The van der Waals surface area contributed by atoms with Crippen molar-refractivity contribution in [2.45, 2.75) is 45.1 Å². The molecule has 2 rings (SSSR count). The summed E-state index contributed by atoms with van der Waals surface area (Å²) in [6, 6.07) is 0.796. The van der Waals surface area contributed by atoms with Crippen LogP contribution in [0.3, 0.4) is 0 Å². The van der Waals surface area contributed by atoms with Crippen LogP contribution in [0.5, 0.6) is 0 Å². The number of ether oxygens (including phenoxy) is 1. The molecule has 2 fully saturated rings. The zero-order chi connectivity index (χ0) is 12.5.